The van der Waals surface area contributed by atoms with E-state index >= 15 is 0 Å². The minimum absolute atomic E-state index is 0.139. The number of benzene rings is 2. The number of rotatable bonds is 2. The maximum atomic E-state index is 11.1. The molecule has 3 aromatic rings. The van der Waals surface area contributed by atoms with Crippen LogP contribution < -0.4 is 0 Å². The highest BCUT2D eigenvalue weighted by Gasteiger charge is 2.13. The smallest absolute Gasteiger partial charge is 0.142 e. The highest BCUT2D eigenvalue weighted by Crippen LogP contribution is 2.30. The lowest BCUT2D eigenvalue weighted by Gasteiger charge is -2.09. The third-order valence-electron chi connectivity index (χ3n) is 3.22. The minimum atomic E-state index is -0.139. The standard InChI is InChI=1S/C15H13NO/c1-11(10-17)16-14-8-4-2-6-12(14)13-7-3-5-9-15(13)16/h2-11H,1H3. The lowest BCUT2D eigenvalue weighted by atomic mass is 10.2. The molecule has 0 amide bonds. The molecule has 2 aromatic carbocycles. The fourth-order valence-electron chi connectivity index (χ4n) is 2.45. The van der Waals surface area contributed by atoms with E-state index in [4.69, 9.17) is 0 Å². The van der Waals surface area contributed by atoms with Crippen molar-refractivity contribution in [3.8, 4) is 0 Å². The first kappa shape index (κ1) is 10.1. The number of nitrogens with zero attached hydrogens (tertiary/aromatic N) is 1. The van der Waals surface area contributed by atoms with Gasteiger partial charge in [0, 0.05) is 21.8 Å². The second-order valence-electron chi connectivity index (χ2n) is 4.28. The molecule has 1 atom stereocenters. The van der Waals surface area contributed by atoms with Gasteiger partial charge < -0.3 is 9.36 Å². The van der Waals surface area contributed by atoms with E-state index in [2.05, 4.69) is 28.8 Å². The van der Waals surface area contributed by atoms with Crippen molar-refractivity contribution in [2.75, 3.05) is 0 Å². The zero-order chi connectivity index (χ0) is 11.8. The average Bonchev–Trinajstić information content (AvgIpc) is 2.72. The summed E-state index contributed by atoms with van der Waals surface area (Å²) in [7, 11) is 0. The maximum Gasteiger partial charge on any atom is 0.142 e. The predicted molar refractivity (Wildman–Crippen MR) is 70.2 cm³/mol. The van der Waals surface area contributed by atoms with Crippen LogP contribution in [0.15, 0.2) is 48.5 Å². The number of para-hydroxylation sites is 2. The van der Waals surface area contributed by atoms with Gasteiger partial charge in [-0.15, -0.1) is 0 Å². The minimum Gasteiger partial charge on any atom is -0.330 e. The molecule has 1 unspecified atom stereocenters. The van der Waals surface area contributed by atoms with Crippen molar-refractivity contribution in [2.24, 2.45) is 0 Å². The normalized spacial score (nSPS) is 13.0. The van der Waals surface area contributed by atoms with Crippen LogP contribution in [-0.2, 0) is 4.79 Å². The Morgan fingerprint density at radius 3 is 1.88 bits per heavy atom. The largest absolute Gasteiger partial charge is 0.330 e. The van der Waals surface area contributed by atoms with Gasteiger partial charge in [0.15, 0.2) is 0 Å². The molecule has 0 bridgehead atoms. The van der Waals surface area contributed by atoms with Crippen molar-refractivity contribution in [2.45, 2.75) is 13.0 Å². The van der Waals surface area contributed by atoms with E-state index in [1.54, 1.807) is 0 Å². The van der Waals surface area contributed by atoms with Crippen molar-refractivity contribution >= 4 is 28.1 Å². The monoisotopic (exact) mass is 223 g/mol. The second kappa shape index (κ2) is 3.74. The van der Waals surface area contributed by atoms with Gasteiger partial charge in [0.2, 0.25) is 0 Å². The summed E-state index contributed by atoms with van der Waals surface area (Å²) in [6, 6.07) is 16.3. The molecule has 2 nitrogen and oxygen atoms in total. The molecule has 0 saturated heterocycles. The van der Waals surface area contributed by atoms with Crippen molar-refractivity contribution < 1.29 is 4.79 Å². The third kappa shape index (κ3) is 1.37. The number of carbonyl (C=O) groups excluding carboxylic acids is 1. The van der Waals surface area contributed by atoms with Gasteiger partial charge in [-0.1, -0.05) is 36.4 Å². The molecular weight excluding hydrogens is 210 g/mol. The Morgan fingerprint density at radius 1 is 0.941 bits per heavy atom. The number of carbonyl (C=O) groups is 1. The van der Waals surface area contributed by atoms with Gasteiger partial charge in [-0.05, 0) is 19.1 Å². The summed E-state index contributed by atoms with van der Waals surface area (Å²) in [5, 5.41) is 2.41. The third-order valence-corrected chi connectivity index (χ3v) is 3.22. The average molecular weight is 223 g/mol. The Balaban J connectivity index is 2.54. The summed E-state index contributed by atoms with van der Waals surface area (Å²) < 4.78 is 2.09. The van der Waals surface area contributed by atoms with E-state index in [0.29, 0.717) is 0 Å². The van der Waals surface area contributed by atoms with Gasteiger partial charge in [-0.25, -0.2) is 0 Å². The van der Waals surface area contributed by atoms with Crippen LogP contribution in [0, 0.1) is 0 Å². The van der Waals surface area contributed by atoms with Crippen LogP contribution in [-0.4, -0.2) is 10.9 Å². The molecule has 0 radical (unpaired) electrons. The first-order valence-corrected chi connectivity index (χ1v) is 5.76. The van der Waals surface area contributed by atoms with E-state index in [9.17, 15) is 4.79 Å². The number of fused-ring (bicyclic) bond motifs is 3. The van der Waals surface area contributed by atoms with Crippen LogP contribution in [0.2, 0.25) is 0 Å². The van der Waals surface area contributed by atoms with Gasteiger partial charge in [0.25, 0.3) is 0 Å². The maximum absolute atomic E-state index is 11.1. The molecule has 0 fully saturated rings. The fraction of sp³-hybridized carbons (Fsp3) is 0.133. The Labute approximate surface area is 99.5 Å². The lowest BCUT2D eigenvalue weighted by Crippen LogP contribution is -2.05. The van der Waals surface area contributed by atoms with Crippen LogP contribution in [0.3, 0.4) is 0 Å². The molecule has 17 heavy (non-hydrogen) atoms. The Morgan fingerprint density at radius 2 is 1.41 bits per heavy atom. The molecule has 0 aliphatic heterocycles. The summed E-state index contributed by atoms with van der Waals surface area (Å²) in [4.78, 5) is 11.1. The molecular formula is C15H13NO. The number of hydrogen-bond acceptors (Lipinski definition) is 1. The number of aromatic nitrogens is 1. The van der Waals surface area contributed by atoms with Crippen LogP contribution >= 0.6 is 0 Å². The van der Waals surface area contributed by atoms with Gasteiger partial charge in [-0.2, -0.15) is 0 Å². The fourth-order valence-corrected chi connectivity index (χ4v) is 2.45. The highest BCUT2D eigenvalue weighted by molar-refractivity contribution is 6.08. The molecule has 0 aliphatic carbocycles. The van der Waals surface area contributed by atoms with E-state index in [1.807, 2.05) is 31.2 Å². The first-order chi connectivity index (χ1) is 8.33. The Kier molecular flexibility index (Phi) is 2.22. The highest BCUT2D eigenvalue weighted by atomic mass is 16.1. The summed E-state index contributed by atoms with van der Waals surface area (Å²) in [5.41, 5.74) is 2.24. The SMILES string of the molecule is CC(C=O)n1c2ccccc2c2ccccc21. The van der Waals surface area contributed by atoms with Crippen LogP contribution in [0.1, 0.15) is 13.0 Å². The van der Waals surface area contributed by atoms with Crippen molar-refractivity contribution in [1.82, 2.24) is 4.57 Å². The molecule has 3 rings (SSSR count). The molecule has 2 heteroatoms. The van der Waals surface area contributed by atoms with E-state index in [-0.39, 0.29) is 6.04 Å². The van der Waals surface area contributed by atoms with Crippen LogP contribution in [0.4, 0.5) is 0 Å². The molecule has 0 N–H and O–H groups in total. The quantitative estimate of drug-likeness (QED) is 0.609. The van der Waals surface area contributed by atoms with Crippen molar-refractivity contribution in [1.29, 1.82) is 0 Å². The summed E-state index contributed by atoms with van der Waals surface area (Å²) >= 11 is 0. The Bertz CT molecular complexity index is 643. The molecule has 0 spiro atoms. The number of hydrogen-bond donors (Lipinski definition) is 0. The summed E-state index contributed by atoms with van der Waals surface area (Å²) in [6.07, 6.45) is 0.985. The van der Waals surface area contributed by atoms with Gasteiger partial charge in [0.1, 0.15) is 6.29 Å². The van der Waals surface area contributed by atoms with E-state index < -0.39 is 0 Å². The predicted octanol–water partition coefficient (Wildman–Crippen LogP) is 3.55. The summed E-state index contributed by atoms with van der Waals surface area (Å²) in [5.74, 6) is 0. The number of aldehydes is 1. The first-order valence-electron chi connectivity index (χ1n) is 5.76. The van der Waals surface area contributed by atoms with Gasteiger partial charge in [0.05, 0.1) is 6.04 Å². The summed E-state index contributed by atoms with van der Waals surface area (Å²) in [6.45, 7) is 1.92. The Hall–Kier alpha value is -2.09. The molecule has 0 aliphatic rings. The molecule has 0 saturated carbocycles. The molecule has 84 valence electrons. The molecule has 1 heterocycles. The van der Waals surface area contributed by atoms with Crippen molar-refractivity contribution in [3.05, 3.63) is 48.5 Å². The van der Waals surface area contributed by atoms with E-state index in [0.717, 1.165) is 17.3 Å². The van der Waals surface area contributed by atoms with Crippen molar-refractivity contribution in [3.63, 3.8) is 0 Å². The van der Waals surface area contributed by atoms with Crippen LogP contribution in [0.25, 0.3) is 21.8 Å². The van der Waals surface area contributed by atoms with Crippen LogP contribution in [0.5, 0.6) is 0 Å². The second-order valence-corrected chi connectivity index (χ2v) is 4.28. The van der Waals surface area contributed by atoms with E-state index in [1.165, 1.54) is 10.8 Å². The zero-order valence-corrected chi connectivity index (χ0v) is 9.63. The zero-order valence-electron chi connectivity index (χ0n) is 9.63. The lowest BCUT2D eigenvalue weighted by molar-refractivity contribution is -0.110. The van der Waals surface area contributed by atoms with Gasteiger partial charge >= 0.3 is 0 Å². The molecule has 1 aromatic heterocycles. The van der Waals surface area contributed by atoms with Gasteiger partial charge in [-0.3, -0.25) is 0 Å². The topological polar surface area (TPSA) is 22.0 Å².